The zero-order valence-electron chi connectivity index (χ0n) is 9.61. The number of rotatable bonds is 3. The Labute approximate surface area is 96.5 Å². The minimum atomic E-state index is 0.462. The molecule has 1 aromatic rings. The van der Waals surface area contributed by atoms with Crippen LogP contribution in [0.2, 0.25) is 0 Å². The van der Waals surface area contributed by atoms with Crippen LogP contribution in [-0.4, -0.2) is 18.5 Å². The van der Waals surface area contributed by atoms with Crippen molar-refractivity contribution in [1.29, 1.82) is 5.26 Å². The standard InChI is InChI=1S/C13H17N3/c1-16(8-2-7-14)13-6-3-10-9-11(15)4-5-12(10)13/h4-5,9,13H,2-3,6,8,15H2,1H3. The number of benzene rings is 1. The minimum Gasteiger partial charge on any atom is -0.399 e. The molecule has 0 aliphatic heterocycles. The third-order valence-corrected chi connectivity index (χ3v) is 3.32. The molecule has 0 heterocycles. The van der Waals surface area contributed by atoms with Gasteiger partial charge in [0.05, 0.1) is 6.07 Å². The summed E-state index contributed by atoms with van der Waals surface area (Å²) in [5.74, 6) is 0. The highest BCUT2D eigenvalue weighted by Crippen LogP contribution is 2.35. The fraction of sp³-hybridized carbons (Fsp3) is 0.462. The maximum Gasteiger partial charge on any atom is 0.0635 e. The van der Waals surface area contributed by atoms with Crippen molar-refractivity contribution in [2.45, 2.75) is 25.3 Å². The summed E-state index contributed by atoms with van der Waals surface area (Å²) >= 11 is 0. The molecule has 1 aliphatic rings. The Hall–Kier alpha value is -1.53. The molecule has 0 saturated heterocycles. The summed E-state index contributed by atoms with van der Waals surface area (Å²) < 4.78 is 0. The molecule has 2 N–H and O–H groups in total. The van der Waals surface area contributed by atoms with Crippen molar-refractivity contribution in [2.75, 3.05) is 19.3 Å². The van der Waals surface area contributed by atoms with Gasteiger partial charge in [-0.25, -0.2) is 0 Å². The van der Waals surface area contributed by atoms with E-state index < -0.39 is 0 Å². The third-order valence-electron chi connectivity index (χ3n) is 3.32. The van der Waals surface area contributed by atoms with E-state index >= 15 is 0 Å². The summed E-state index contributed by atoms with van der Waals surface area (Å²) in [6.45, 7) is 0.838. The molecule has 84 valence electrons. The van der Waals surface area contributed by atoms with Crippen LogP contribution in [0.5, 0.6) is 0 Å². The molecule has 1 aromatic carbocycles. The maximum atomic E-state index is 8.60. The van der Waals surface area contributed by atoms with Gasteiger partial charge in [0, 0.05) is 24.7 Å². The molecule has 0 amide bonds. The number of nitrogens with two attached hydrogens (primary N) is 1. The SMILES string of the molecule is CN(CCC#N)C1CCc2cc(N)ccc21. The Balaban J connectivity index is 2.14. The van der Waals surface area contributed by atoms with Gasteiger partial charge in [0.2, 0.25) is 0 Å². The molecule has 3 nitrogen and oxygen atoms in total. The second kappa shape index (κ2) is 4.54. The minimum absolute atomic E-state index is 0.462. The Bertz CT molecular complexity index is 420. The van der Waals surface area contributed by atoms with Gasteiger partial charge in [0.1, 0.15) is 0 Å². The zero-order chi connectivity index (χ0) is 11.5. The van der Waals surface area contributed by atoms with Gasteiger partial charge in [-0.2, -0.15) is 5.26 Å². The summed E-state index contributed by atoms with van der Waals surface area (Å²) in [4.78, 5) is 2.27. The topological polar surface area (TPSA) is 53.0 Å². The van der Waals surface area contributed by atoms with E-state index in [1.54, 1.807) is 0 Å². The lowest BCUT2D eigenvalue weighted by Gasteiger charge is -2.24. The molecule has 2 rings (SSSR count). The number of aryl methyl sites for hydroxylation is 1. The molecule has 16 heavy (non-hydrogen) atoms. The lowest BCUT2D eigenvalue weighted by molar-refractivity contribution is 0.250. The van der Waals surface area contributed by atoms with E-state index in [0.717, 1.165) is 25.1 Å². The summed E-state index contributed by atoms with van der Waals surface area (Å²) in [6.07, 6.45) is 2.83. The highest BCUT2D eigenvalue weighted by atomic mass is 15.1. The van der Waals surface area contributed by atoms with E-state index in [2.05, 4.69) is 30.1 Å². The molecule has 0 aromatic heterocycles. The smallest absolute Gasteiger partial charge is 0.0635 e. The Kier molecular flexibility index (Phi) is 3.12. The Morgan fingerprint density at radius 2 is 2.38 bits per heavy atom. The van der Waals surface area contributed by atoms with Crippen LogP contribution in [0.25, 0.3) is 0 Å². The van der Waals surface area contributed by atoms with Crippen LogP contribution >= 0.6 is 0 Å². The predicted octanol–water partition coefficient (Wildman–Crippen LogP) is 2.10. The first-order chi connectivity index (χ1) is 7.72. The number of hydrogen-bond donors (Lipinski definition) is 1. The molecular formula is C13H17N3. The van der Waals surface area contributed by atoms with Crippen molar-refractivity contribution in [3.63, 3.8) is 0 Å². The van der Waals surface area contributed by atoms with Crippen molar-refractivity contribution < 1.29 is 0 Å². The van der Waals surface area contributed by atoms with E-state index in [4.69, 9.17) is 11.0 Å². The summed E-state index contributed by atoms with van der Waals surface area (Å²) in [5.41, 5.74) is 9.38. The fourth-order valence-electron chi connectivity index (χ4n) is 2.45. The van der Waals surface area contributed by atoms with Gasteiger partial charge < -0.3 is 5.73 Å². The van der Waals surface area contributed by atoms with Gasteiger partial charge >= 0.3 is 0 Å². The highest BCUT2D eigenvalue weighted by molar-refractivity contribution is 5.47. The van der Waals surface area contributed by atoms with Gasteiger partial charge in [-0.15, -0.1) is 0 Å². The van der Waals surface area contributed by atoms with Crippen LogP contribution in [0.1, 0.15) is 30.0 Å². The number of nitrogen functional groups attached to an aromatic ring is 1. The van der Waals surface area contributed by atoms with Crippen LogP contribution in [-0.2, 0) is 6.42 Å². The zero-order valence-corrected chi connectivity index (χ0v) is 9.61. The monoisotopic (exact) mass is 215 g/mol. The van der Waals surface area contributed by atoms with Gasteiger partial charge in [0.15, 0.2) is 0 Å². The average molecular weight is 215 g/mol. The van der Waals surface area contributed by atoms with Gasteiger partial charge in [-0.3, -0.25) is 4.90 Å². The number of hydrogen-bond acceptors (Lipinski definition) is 3. The lowest BCUT2D eigenvalue weighted by atomic mass is 10.1. The highest BCUT2D eigenvalue weighted by Gasteiger charge is 2.25. The van der Waals surface area contributed by atoms with E-state index in [-0.39, 0.29) is 0 Å². The van der Waals surface area contributed by atoms with Crippen molar-refractivity contribution >= 4 is 5.69 Å². The van der Waals surface area contributed by atoms with Crippen LogP contribution in [0, 0.1) is 11.3 Å². The van der Waals surface area contributed by atoms with Crippen molar-refractivity contribution in [2.24, 2.45) is 0 Å². The first-order valence-electron chi connectivity index (χ1n) is 5.68. The quantitative estimate of drug-likeness (QED) is 0.786. The molecule has 1 aliphatic carbocycles. The average Bonchev–Trinajstić information content (AvgIpc) is 2.68. The Morgan fingerprint density at radius 3 is 3.12 bits per heavy atom. The molecule has 3 heteroatoms. The molecule has 1 atom stereocenters. The van der Waals surface area contributed by atoms with Gasteiger partial charge in [-0.05, 0) is 43.1 Å². The lowest BCUT2D eigenvalue weighted by Crippen LogP contribution is -2.23. The molecule has 0 radical (unpaired) electrons. The van der Waals surface area contributed by atoms with E-state index in [1.165, 1.54) is 11.1 Å². The predicted molar refractivity (Wildman–Crippen MR) is 64.8 cm³/mol. The van der Waals surface area contributed by atoms with Crippen LogP contribution < -0.4 is 5.73 Å². The first-order valence-corrected chi connectivity index (χ1v) is 5.68. The molecular weight excluding hydrogens is 198 g/mol. The van der Waals surface area contributed by atoms with Crippen molar-refractivity contribution in [1.82, 2.24) is 4.90 Å². The molecule has 0 fully saturated rings. The first kappa shape index (κ1) is 11.0. The largest absolute Gasteiger partial charge is 0.399 e. The van der Waals surface area contributed by atoms with E-state index in [0.29, 0.717) is 12.5 Å². The molecule has 0 spiro atoms. The molecule has 0 bridgehead atoms. The number of anilines is 1. The van der Waals surface area contributed by atoms with Gasteiger partial charge in [0.25, 0.3) is 0 Å². The summed E-state index contributed by atoms with van der Waals surface area (Å²) in [7, 11) is 2.09. The second-order valence-electron chi connectivity index (χ2n) is 4.40. The van der Waals surface area contributed by atoms with Crippen LogP contribution in [0.15, 0.2) is 18.2 Å². The summed E-state index contributed by atoms with van der Waals surface area (Å²) in [5, 5.41) is 8.60. The Morgan fingerprint density at radius 1 is 1.56 bits per heavy atom. The van der Waals surface area contributed by atoms with Crippen molar-refractivity contribution in [3.05, 3.63) is 29.3 Å². The third kappa shape index (κ3) is 2.02. The molecule has 0 saturated carbocycles. The summed E-state index contributed by atoms with van der Waals surface area (Å²) in [6, 6.07) is 8.83. The number of nitriles is 1. The number of nitrogens with zero attached hydrogens (tertiary/aromatic N) is 2. The maximum absolute atomic E-state index is 8.60. The second-order valence-corrected chi connectivity index (χ2v) is 4.40. The van der Waals surface area contributed by atoms with E-state index in [1.807, 2.05) is 6.07 Å². The van der Waals surface area contributed by atoms with Crippen LogP contribution in [0.4, 0.5) is 5.69 Å². The van der Waals surface area contributed by atoms with Crippen LogP contribution in [0.3, 0.4) is 0 Å². The number of fused-ring (bicyclic) bond motifs is 1. The van der Waals surface area contributed by atoms with E-state index in [9.17, 15) is 0 Å². The fourth-order valence-corrected chi connectivity index (χ4v) is 2.45. The normalized spacial score (nSPS) is 18.4. The van der Waals surface area contributed by atoms with Gasteiger partial charge in [-0.1, -0.05) is 6.07 Å². The molecule has 1 unspecified atom stereocenters. The van der Waals surface area contributed by atoms with Crippen molar-refractivity contribution in [3.8, 4) is 6.07 Å².